The number of aliphatic carboxylic acids is 1. The Hall–Kier alpha value is -1.78. The van der Waals surface area contributed by atoms with Crippen LogP contribution in [0.1, 0.15) is 38.5 Å². The summed E-state index contributed by atoms with van der Waals surface area (Å²) in [7, 11) is 0. The number of carbonyl (C=O) groups excluding carboxylic acids is 1. The molecule has 0 saturated heterocycles. The first kappa shape index (κ1) is 15.3. The van der Waals surface area contributed by atoms with Crippen molar-refractivity contribution in [3.8, 4) is 0 Å². The van der Waals surface area contributed by atoms with Gasteiger partial charge in [0.2, 0.25) is 5.91 Å². The predicted octanol–water partition coefficient (Wildman–Crippen LogP) is 1.87. The van der Waals surface area contributed by atoms with Gasteiger partial charge in [-0.2, -0.15) is 0 Å². The van der Waals surface area contributed by atoms with Crippen molar-refractivity contribution in [3.05, 3.63) is 24.6 Å². The van der Waals surface area contributed by atoms with E-state index >= 15 is 0 Å². The highest BCUT2D eigenvalue weighted by atomic mass is 16.4. The second-order valence-electron chi connectivity index (χ2n) is 4.54. The summed E-state index contributed by atoms with van der Waals surface area (Å²) in [5, 5.41) is 11.3. The van der Waals surface area contributed by atoms with Gasteiger partial charge in [0.05, 0.1) is 0 Å². The SMILES string of the molecule is O=C(O)CCCC(=O)NCCCN1C=CCCC=C1. The maximum Gasteiger partial charge on any atom is 0.303 e. The average molecular weight is 266 g/mol. The number of amides is 1. The van der Waals surface area contributed by atoms with Gasteiger partial charge in [-0.1, -0.05) is 12.2 Å². The van der Waals surface area contributed by atoms with Crippen LogP contribution in [0.2, 0.25) is 0 Å². The van der Waals surface area contributed by atoms with Crippen molar-refractivity contribution in [1.29, 1.82) is 0 Å². The zero-order valence-electron chi connectivity index (χ0n) is 11.2. The lowest BCUT2D eigenvalue weighted by atomic mass is 10.2. The minimum absolute atomic E-state index is 0.0524. The molecule has 0 radical (unpaired) electrons. The summed E-state index contributed by atoms with van der Waals surface area (Å²) in [5.74, 6) is -0.921. The van der Waals surface area contributed by atoms with Crippen LogP contribution in [0.3, 0.4) is 0 Å². The van der Waals surface area contributed by atoms with Crippen LogP contribution in [0, 0.1) is 0 Å². The van der Waals surface area contributed by atoms with Crippen LogP contribution in [0.4, 0.5) is 0 Å². The summed E-state index contributed by atoms with van der Waals surface area (Å²) in [4.78, 5) is 23.8. The van der Waals surface area contributed by atoms with Crippen molar-refractivity contribution in [2.24, 2.45) is 0 Å². The minimum Gasteiger partial charge on any atom is -0.481 e. The van der Waals surface area contributed by atoms with Crippen molar-refractivity contribution in [2.45, 2.75) is 38.5 Å². The van der Waals surface area contributed by atoms with Gasteiger partial charge in [-0.25, -0.2) is 0 Å². The molecule has 0 bridgehead atoms. The second-order valence-corrected chi connectivity index (χ2v) is 4.54. The fraction of sp³-hybridized carbons (Fsp3) is 0.571. The van der Waals surface area contributed by atoms with Gasteiger partial charge in [-0.05, 0) is 38.1 Å². The largest absolute Gasteiger partial charge is 0.481 e. The quantitative estimate of drug-likeness (QED) is 0.658. The molecular weight excluding hydrogens is 244 g/mol. The number of hydrogen-bond donors (Lipinski definition) is 2. The van der Waals surface area contributed by atoms with E-state index < -0.39 is 5.97 Å². The Balaban J connectivity index is 2.03. The maximum absolute atomic E-state index is 11.4. The minimum atomic E-state index is -0.854. The van der Waals surface area contributed by atoms with Gasteiger partial charge in [-0.15, -0.1) is 0 Å². The summed E-state index contributed by atoms with van der Waals surface area (Å²) < 4.78 is 0. The lowest BCUT2D eigenvalue weighted by molar-refractivity contribution is -0.137. The Kier molecular flexibility index (Phi) is 7.39. The van der Waals surface area contributed by atoms with Gasteiger partial charge in [0.15, 0.2) is 0 Å². The Labute approximate surface area is 114 Å². The predicted molar refractivity (Wildman–Crippen MR) is 73.3 cm³/mol. The maximum atomic E-state index is 11.4. The highest BCUT2D eigenvalue weighted by Gasteiger charge is 2.03. The molecule has 1 aliphatic heterocycles. The van der Waals surface area contributed by atoms with Crippen LogP contribution < -0.4 is 5.32 Å². The fourth-order valence-corrected chi connectivity index (χ4v) is 1.79. The topological polar surface area (TPSA) is 69.6 Å². The molecule has 1 aliphatic rings. The van der Waals surface area contributed by atoms with Gasteiger partial charge in [0.25, 0.3) is 0 Å². The van der Waals surface area contributed by atoms with Gasteiger partial charge < -0.3 is 15.3 Å². The monoisotopic (exact) mass is 266 g/mol. The van der Waals surface area contributed by atoms with E-state index in [1.165, 1.54) is 0 Å². The molecule has 5 nitrogen and oxygen atoms in total. The van der Waals surface area contributed by atoms with Crippen LogP contribution >= 0.6 is 0 Å². The van der Waals surface area contributed by atoms with Crippen molar-refractivity contribution < 1.29 is 14.7 Å². The summed E-state index contributed by atoms with van der Waals surface area (Å²) in [6.45, 7) is 1.51. The first-order valence-corrected chi connectivity index (χ1v) is 6.76. The molecule has 0 spiro atoms. The molecule has 0 atom stereocenters. The molecule has 19 heavy (non-hydrogen) atoms. The molecule has 0 unspecified atom stereocenters. The van der Waals surface area contributed by atoms with E-state index in [9.17, 15) is 9.59 Å². The third-order valence-electron chi connectivity index (χ3n) is 2.80. The summed E-state index contributed by atoms with van der Waals surface area (Å²) in [5.41, 5.74) is 0. The summed E-state index contributed by atoms with van der Waals surface area (Å²) >= 11 is 0. The van der Waals surface area contributed by atoms with Crippen molar-refractivity contribution in [3.63, 3.8) is 0 Å². The average Bonchev–Trinajstić information content (AvgIpc) is 2.63. The second kappa shape index (κ2) is 9.19. The van der Waals surface area contributed by atoms with E-state index in [1.54, 1.807) is 0 Å². The molecule has 2 N–H and O–H groups in total. The number of nitrogens with zero attached hydrogens (tertiary/aromatic N) is 1. The van der Waals surface area contributed by atoms with Crippen LogP contribution in [0.15, 0.2) is 24.6 Å². The molecule has 5 heteroatoms. The Bertz CT molecular complexity index is 337. The van der Waals surface area contributed by atoms with Crippen molar-refractivity contribution in [1.82, 2.24) is 10.2 Å². The van der Waals surface area contributed by atoms with Gasteiger partial charge in [-0.3, -0.25) is 9.59 Å². The van der Waals surface area contributed by atoms with Gasteiger partial charge >= 0.3 is 5.97 Å². The highest BCUT2D eigenvalue weighted by molar-refractivity contribution is 5.76. The molecule has 0 fully saturated rings. The summed E-state index contributed by atoms with van der Waals surface area (Å²) in [6.07, 6.45) is 12.2. The Morgan fingerprint density at radius 1 is 1.11 bits per heavy atom. The first-order valence-electron chi connectivity index (χ1n) is 6.76. The zero-order chi connectivity index (χ0) is 13.9. The van der Waals surface area contributed by atoms with Crippen LogP contribution in [0.5, 0.6) is 0 Å². The molecule has 0 aliphatic carbocycles. The lowest BCUT2D eigenvalue weighted by Crippen LogP contribution is -2.26. The molecule has 0 aromatic carbocycles. The highest BCUT2D eigenvalue weighted by Crippen LogP contribution is 2.04. The molecule has 0 saturated carbocycles. The number of hydrogen-bond acceptors (Lipinski definition) is 3. The molecule has 0 aromatic rings. The molecular formula is C14H22N2O3. The Morgan fingerprint density at radius 2 is 1.79 bits per heavy atom. The van der Waals surface area contributed by atoms with E-state index in [4.69, 9.17) is 5.11 Å². The third-order valence-corrected chi connectivity index (χ3v) is 2.80. The zero-order valence-corrected chi connectivity index (χ0v) is 11.2. The first-order chi connectivity index (χ1) is 9.18. The van der Waals surface area contributed by atoms with E-state index in [1.807, 2.05) is 0 Å². The van der Waals surface area contributed by atoms with Crippen molar-refractivity contribution in [2.75, 3.05) is 13.1 Å². The van der Waals surface area contributed by atoms with Crippen molar-refractivity contribution >= 4 is 11.9 Å². The van der Waals surface area contributed by atoms with E-state index in [2.05, 4.69) is 34.8 Å². The number of rotatable bonds is 8. The normalized spacial score (nSPS) is 14.2. The number of nitrogens with one attached hydrogen (secondary N) is 1. The number of allylic oxidation sites excluding steroid dienone is 2. The molecule has 1 heterocycles. The fourth-order valence-electron chi connectivity index (χ4n) is 1.79. The third kappa shape index (κ3) is 8.02. The van der Waals surface area contributed by atoms with Crippen LogP contribution in [0.25, 0.3) is 0 Å². The smallest absolute Gasteiger partial charge is 0.303 e. The van der Waals surface area contributed by atoms with Crippen LogP contribution in [-0.2, 0) is 9.59 Å². The number of carboxylic acids is 1. The number of carboxylic acid groups (broad SMARTS) is 1. The standard InChI is InChI=1S/C14H22N2O3/c17-13(7-5-8-14(18)19)15-9-6-12-16-10-3-1-2-4-11-16/h3-4,10-11H,1-2,5-9,12H2,(H,15,17)(H,18,19). The molecule has 1 rings (SSSR count). The molecule has 106 valence electrons. The van der Waals surface area contributed by atoms with E-state index in [0.717, 1.165) is 25.8 Å². The van der Waals surface area contributed by atoms with Crippen LogP contribution in [-0.4, -0.2) is 35.0 Å². The summed E-state index contributed by atoms with van der Waals surface area (Å²) in [6, 6.07) is 0. The Morgan fingerprint density at radius 3 is 2.42 bits per heavy atom. The molecule has 0 aromatic heterocycles. The van der Waals surface area contributed by atoms with E-state index in [-0.39, 0.29) is 18.7 Å². The van der Waals surface area contributed by atoms with Gasteiger partial charge in [0, 0.05) is 25.9 Å². The van der Waals surface area contributed by atoms with E-state index in [0.29, 0.717) is 13.0 Å². The van der Waals surface area contributed by atoms with Gasteiger partial charge in [0.1, 0.15) is 0 Å². The number of carbonyl (C=O) groups is 2. The molecule has 1 amide bonds. The lowest BCUT2D eigenvalue weighted by Gasteiger charge is -2.14.